The van der Waals surface area contributed by atoms with Crippen LogP contribution in [0.25, 0.3) is 0 Å². The molecule has 6 heteroatoms. The lowest BCUT2D eigenvalue weighted by Crippen LogP contribution is -2.40. The Labute approximate surface area is 98.2 Å². The molecule has 1 amide bonds. The Kier molecular flexibility index (Phi) is 3.50. The van der Waals surface area contributed by atoms with Crippen molar-refractivity contribution in [1.29, 1.82) is 0 Å². The monoisotopic (exact) mass is 241 g/mol. The molecule has 1 aliphatic rings. The zero-order valence-electron chi connectivity index (χ0n) is 9.22. The van der Waals surface area contributed by atoms with E-state index in [9.17, 15) is 4.79 Å². The van der Waals surface area contributed by atoms with Crippen LogP contribution in [0.3, 0.4) is 0 Å². The van der Waals surface area contributed by atoms with E-state index in [0.717, 1.165) is 30.9 Å². The Morgan fingerprint density at radius 3 is 3.12 bits per heavy atom. The van der Waals surface area contributed by atoms with E-state index in [4.69, 9.17) is 5.11 Å². The minimum atomic E-state index is 0.00523. The summed E-state index contributed by atoms with van der Waals surface area (Å²) in [5, 5.41) is 13.0. The second-order valence-electron chi connectivity index (χ2n) is 4.13. The van der Waals surface area contributed by atoms with E-state index >= 15 is 0 Å². The van der Waals surface area contributed by atoms with Gasteiger partial charge in [-0.15, -0.1) is 5.10 Å². The van der Waals surface area contributed by atoms with Crippen LogP contribution in [0.2, 0.25) is 0 Å². The summed E-state index contributed by atoms with van der Waals surface area (Å²) >= 11 is 1.15. The third-order valence-electron chi connectivity index (χ3n) is 2.91. The van der Waals surface area contributed by atoms with Crippen LogP contribution in [0.15, 0.2) is 0 Å². The average Bonchev–Trinajstić information content (AvgIpc) is 2.74. The minimum Gasteiger partial charge on any atom is -0.396 e. The minimum absolute atomic E-state index is 0.00523. The average molecular weight is 241 g/mol. The van der Waals surface area contributed by atoms with Gasteiger partial charge in [0.15, 0.2) is 0 Å². The molecule has 0 bridgehead atoms. The molecule has 1 aliphatic heterocycles. The molecule has 1 atom stereocenters. The molecular weight excluding hydrogens is 226 g/mol. The van der Waals surface area contributed by atoms with Crippen LogP contribution in [0, 0.1) is 12.8 Å². The van der Waals surface area contributed by atoms with Gasteiger partial charge in [0.2, 0.25) is 0 Å². The summed E-state index contributed by atoms with van der Waals surface area (Å²) < 4.78 is 3.77. The number of aryl methyl sites for hydroxylation is 1. The summed E-state index contributed by atoms with van der Waals surface area (Å²) in [5.74, 6) is 0.226. The van der Waals surface area contributed by atoms with Crippen molar-refractivity contribution in [3.05, 3.63) is 10.6 Å². The van der Waals surface area contributed by atoms with E-state index in [-0.39, 0.29) is 18.4 Å². The summed E-state index contributed by atoms with van der Waals surface area (Å²) in [6, 6.07) is 0. The van der Waals surface area contributed by atoms with E-state index in [1.54, 1.807) is 11.8 Å². The lowest BCUT2D eigenvalue weighted by molar-refractivity contribution is 0.0624. The van der Waals surface area contributed by atoms with Crippen molar-refractivity contribution in [3.8, 4) is 0 Å². The quantitative estimate of drug-likeness (QED) is 0.827. The Balaban J connectivity index is 2.07. The molecule has 0 aliphatic carbocycles. The zero-order chi connectivity index (χ0) is 11.5. The van der Waals surface area contributed by atoms with Crippen LogP contribution in [0.5, 0.6) is 0 Å². The number of likely N-dealkylation sites (tertiary alicyclic amines) is 1. The topological polar surface area (TPSA) is 66.3 Å². The first-order chi connectivity index (χ1) is 7.72. The summed E-state index contributed by atoms with van der Waals surface area (Å²) in [6.45, 7) is 3.37. The van der Waals surface area contributed by atoms with Gasteiger partial charge >= 0.3 is 0 Å². The summed E-state index contributed by atoms with van der Waals surface area (Å²) in [4.78, 5) is 14.5. The second kappa shape index (κ2) is 4.88. The number of rotatable bonds is 2. The van der Waals surface area contributed by atoms with Crippen molar-refractivity contribution in [2.75, 3.05) is 19.7 Å². The Bertz CT molecular complexity index is 380. The molecule has 0 unspecified atom stereocenters. The number of aromatic nitrogens is 2. The molecule has 1 saturated heterocycles. The molecule has 0 spiro atoms. The molecule has 2 heterocycles. The first-order valence-electron chi connectivity index (χ1n) is 5.41. The largest absolute Gasteiger partial charge is 0.396 e. The lowest BCUT2D eigenvalue weighted by Gasteiger charge is -2.31. The SMILES string of the molecule is Cc1nnsc1C(=O)N1CCC[C@H](CO)C1. The molecule has 1 N–H and O–H groups in total. The Morgan fingerprint density at radius 1 is 1.69 bits per heavy atom. The van der Waals surface area contributed by atoms with Crippen LogP contribution in [0.1, 0.15) is 28.2 Å². The van der Waals surface area contributed by atoms with Crippen LogP contribution in [-0.4, -0.2) is 45.2 Å². The first-order valence-corrected chi connectivity index (χ1v) is 6.18. The van der Waals surface area contributed by atoms with Gasteiger partial charge in [-0.1, -0.05) is 4.49 Å². The molecule has 16 heavy (non-hydrogen) atoms. The van der Waals surface area contributed by atoms with Crippen LogP contribution in [-0.2, 0) is 0 Å². The van der Waals surface area contributed by atoms with Crippen LogP contribution < -0.4 is 0 Å². The van der Waals surface area contributed by atoms with Gasteiger partial charge in [0.05, 0.1) is 5.69 Å². The lowest BCUT2D eigenvalue weighted by atomic mass is 9.99. The molecule has 1 aromatic heterocycles. The number of carbonyl (C=O) groups excluding carboxylic acids is 1. The maximum atomic E-state index is 12.1. The Morgan fingerprint density at radius 2 is 2.50 bits per heavy atom. The molecule has 5 nitrogen and oxygen atoms in total. The van der Waals surface area contributed by atoms with Gasteiger partial charge in [0.1, 0.15) is 4.88 Å². The van der Waals surface area contributed by atoms with Crippen molar-refractivity contribution in [2.45, 2.75) is 19.8 Å². The number of piperidine rings is 1. The number of aliphatic hydroxyl groups excluding tert-OH is 1. The van der Waals surface area contributed by atoms with Gasteiger partial charge in [-0.2, -0.15) is 0 Å². The van der Waals surface area contributed by atoms with Crippen molar-refractivity contribution >= 4 is 17.4 Å². The highest BCUT2D eigenvalue weighted by Gasteiger charge is 2.26. The van der Waals surface area contributed by atoms with Gasteiger partial charge in [-0.3, -0.25) is 4.79 Å². The maximum Gasteiger partial charge on any atom is 0.267 e. The third kappa shape index (κ3) is 2.22. The molecule has 88 valence electrons. The number of amides is 1. The number of nitrogens with zero attached hydrogens (tertiary/aromatic N) is 3. The summed E-state index contributed by atoms with van der Waals surface area (Å²) in [7, 11) is 0. The fourth-order valence-electron chi connectivity index (χ4n) is 1.97. The van der Waals surface area contributed by atoms with Crippen LogP contribution in [0.4, 0.5) is 0 Å². The van der Waals surface area contributed by atoms with E-state index in [1.165, 1.54) is 0 Å². The first kappa shape index (κ1) is 11.5. The van der Waals surface area contributed by atoms with E-state index in [0.29, 0.717) is 17.1 Å². The van der Waals surface area contributed by atoms with Gasteiger partial charge < -0.3 is 10.0 Å². The summed E-state index contributed by atoms with van der Waals surface area (Å²) in [5.41, 5.74) is 0.695. The van der Waals surface area contributed by atoms with Crippen molar-refractivity contribution < 1.29 is 9.90 Å². The van der Waals surface area contributed by atoms with Crippen LogP contribution >= 0.6 is 11.5 Å². The zero-order valence-corrected chi connectivity index (χ0v) is 10.0. The third-order valence-corrected chi connectivity index (χ3v) is 3.73. The number of aliphatic hydroxyl groups is 1. The number of carbonyl (C=O) groups is 1. The molecule has 1 fully saturated rings. The van der Waals surface area contributed by atoms with Gasteiger partial charge in [-0.25, -0.2) is 0 Å². The van der Waals surface area contributed by atoms with Crippen molar-refractivity contribution in [3.63, 3.8) is 0 Å². The maximum absolute atomic E-state index is 12.1. The van der Waals surface area contributed by atoms with E-state index in [2.05, 4.69) is 9.59 Å². The molecule has 0 aromatic carbocycles. The van der Waals surface area contributed by atoms with E-state index in [1.807, 2.05) is 0 Å². The Hall–Kier alpha value is -1.01. The normalized spacial score (nSPS) is 21.1. The smallest absolute Gasteiger partial charge is 0.267 e. The molecular formula is C10H15N3O2S. The van der Waals surface area contributed by atoms with Gasteiger partial charge in [0.25, 0.3) is 5.91 Å². The highest BCUT2D eigenvalue weighted by Crippen LogP contribution is 2.20. The fraction of sp³-hybridized carbons (Fsp3) is 0.700. The molecule has 1 aromatic rings. The fourth-order valence-corrected chi connectivity index (χ4v) is 2.59. The molecule has 0 radical (unpaired) electrons. The van der Waals surface area contributed by atoms with Crippen molar-refractivity contribution in [2.24, 2.45) is 5.92 Å². The van der Waals surface area contributed by atoms with Gasteiger partial charge in [-0.05, 0) is 37.2 Å². The number of hydrogen-bond acceptors (Lipinski definition) is 5. The van der Waals surface area contributed by atoms with Crippen molar-refractivity contribution in [1.82, 2.24) is 14.5 Å². The highest BCUT2D eigenvalue weighted by atomic mass is 32.1. The molecule has 0 saturated carbocycles. The number of hydrogen-bond donors (Lipinski definition) is 1. The predicted octanol–water partition coefficient (Wildman–Crippen LogP) is 0.691. The standard InChI is InChI=1S/C10H15N3O2S/c1-7-9(16-12-11-7)10(15)13-4-2-3-8(5-13)6-14/h8,14H,2-6H2,1H3/t8-/m0/s1. The van der Waals surface area contributed by atoms with E-state index < -0.39 is 0 Å². The summed E-state index contributed by atoms with van der Waals surface area (Å²) in [6.07, 6.45) is 1.96. The molecule has 2 rings (SSSR count). The highest BCUT2D eigenvalue weighted by molar-refractivity contribution is 7.07. The van der Waals surface area contributed by atoms with Gasteiger partial charge in [0, 0.05) is 19.7 Å². The predicted molar refractivity (Wildman–Crippen MR) is 60.4 cm³/mol. The second-order valence-corrected chi connectivity index (χ2v) is 4.88.